The summed E-state index contributed by atoms with van der Waals surface area (Å²) < 4.78 is 19.2. The number of nitrogens with zero attached hydrogens (tertiary/aromatic N) is 1. The van der Waals surface area contributed by atoms with Gasteiger partial charge < -0.3 is 9.94 Å². The zero-order chi connectivity index (χ0) is 17.8. The van der Waals surface area contributed by atoms with E-state index in [0.29, 0.717) is 34.8 Å². The van der Waals surface area contributed by atoms with Crippen LogP contribution in [0.15, 0.2) is 60.7 Å². The number of anilines is 1. The zero-order valence-electron chi connectivity index (χ0n) is 13.6. The molecule has 1 heterocycles. The Morgan fingerprint density at radius 3 is 2.56 bits per heavy atom. The number of methoxy groups -OCH3 is 1. The first kappa shape index (κ1) is 16.7. The van der Waals surface area contributed by atoms with E-state index in [0.717, 1.165) is 10.3 Å². The van der Waals surface area contributed by atoms with Gasteiger partial charge in [-0.15, -0.1) is 0 Å². The molecule has 6 heteroatoms. The van der Waals surface area contributed by atoms with Gasteiger partial charge in [0.2, 0.25) is 0 Å². The van der Waals surface area contributed by atoms with Crippen molar-refractivity contribution < 1.29 is 19.1 Å². The van der Waals surface area contributed by atoms with E-state index in [1.54, 1.807) is 48.5 Å². The minimum absolute atomic E-state index is 0.317. The number of hydrogen-bond donors (Lipinski definition) is 2. The Bertz CT molecular complexity index is 882. The molecule has 0 bridgehead atoms. The average Bonchev–Trinajstić information content (AvgIpc) is 2.65. The van der Waals surface area contributed by atoms with Gasteiger partial charge in [0.25, 0.3) is 5.69 Å². The quantitative estimate of drug-likeness (QED) is 0.424. The molecule has 0 aliphatic carbocycles. The molecule has 2 aromatic carbocycles. The molecule has 0 spiro atoms. The van der Waals surface area contributed by atoms with Crippen LogP contribution < -0.4 is 14.9 Å². The Balaban J connectivity index is 2.06. The van der Waals surface area contributed by atoms with Crippen molar-refractivity contribution in [2.45, 2.75) is 6.42 Å². The molecule has 2 N–H and O–H groups in total. The molecule has 0 saturated carbocycles. The molecule has 1 aromatic heterocycles. The first-order valence-electron chi connectivity index (χ1n) is 7.67. The molecule has 0 radical (unpaired) electrons. The van der Waals surface area contributed by atoms with E-state index in [1.807, 2.05) is 0 Å². The van der Waals surface area contributed by atoms with Crippen LogP contribution in [-0.2, 0) is 6.42 Å². The van der Waals surface area contributed by atoms with Gasteiger partial charge in [0.15, 0.2) is 11.4 Å². The standard InChI is InChI=1S/C19H17FN2O3/c1-25-18-10-9-17(11-13-5-7-15(20)8-6-13)22(24)19(18)14-3-2-4-16(12-14)21-23/h2-10,12,21,23H,11H2,1H3. The first-order valence-corrected chi connectivity index (χ1v) is 7.67. The van der Waals surface area contributed by atoms with E-state index in [9.17, 15) is 9.60 Å². The summed E-state index contributed by atoms with van der Waals surface area (Å²) in [7, 11) is 1.49. The number of benzene rings is 2. The number of nitrogens with one attached hydrogen (secondary N) is 1. The summed E-state index contributed by atoms with van der Waals surface area (Å²) in [5.41, 5.74) is 4.81. The molecule has 3 aromatic rings. The van der Waals surface area contributed by atoms with Crippen LogP contribution >= 0.6 is 0 Å². The molecule has 25 heavy (non-hydrogen) atoms. The highest BCUT2D eigenvalue weighted by Crippen LogP contribution is 2.29. The van der Waals surface area contributed by atoms with E-state index in [-0.39, 0.29) is 5.82 Å². The Labute approximate surface area is 144 Å². The molecule has 0 amide bonds. The lowest BCUT2D eigenvalue weighted by atomic mass is 10.1. The van der Waals surface area contributed by atoms with Crippen LogP contribution in [-0.4, -0.2) is 12.3 Å². The van der Waals surface area contributed by atoms with Gasteiger partial charge in [-0.05, 0) is 42.0 Å². The molecule has 3 rings (SSSR count). The zero-order valence-corrected chi connectivity index (χ0v) is 13.6. The number of halogens is 1. The number of pyridine rings is 1. The third-order valence-corrected chi connectivity index (χ3v) is 3.91. The van der Waals surface area contributed by atoms with Gasteiger partial charge >= 0.3 is 0 Å². The third-order valence-electron chi connectivity index (χ3n) is 3.91. The first-order chi connectivity index (χ1) is 12.1. The summed E-state index contributed by atoms with van der Waals surface area (Å²) in [6.07, 6.45) is 0.360. The van der Waals surface area contributed by atoms with Crippen LogP contribution in [0.25, 0.3) is 11.3 Å². The molecule has 0 unspecified atom stereocenters. The van der Waals surface area contributed by atoms with Crippen molar-refractivity contribution in [3.63, 3.8) is 0 Å². The van der Waals surface area contributed by atoms with E-state index >= 15 is 0 Å². The second-order valence-corrected chi connectivity index (χ2v) is 5.53. The summed E-state index contributed by atoms with van der Waals surface area (Å²) >= 11 is 0. The monoisotopic (exact) mass is 340 g/mol. The maximum absolute atomic E-state index is 13.1. The molecule has 0 saturated heterocycles. The van der Waals surface area contributed by atoms with Crippen molar-refractivity contribution in [1.29, 1.82) is 0 Å². The summed E-state index contributed by atoms with van der Waals surface area (Å²) in [5, 5.41) is 22.0. The van der Waals surface area contributed by atoms with Crippen LogP contribution in [0.5, 0.6) is 5.75 Å². The maximum atomic E-state index is 13.1. The van der Waals surface area contributed by atoms with Crippen LogP contribution in [0.4, 0.5) is 10.1 Å². The Kier molecular flexibility index (Phi) is 4.81. The van der Waals surface area contributed by atoms with E-state index in [1.165, 1.54) is 19.2 Å². The molecule has 0 aliphatic heterocycles. The summed E-state index contributed by atoms with van der Waals surface area (Å²) in [5.74, 6) is 0.107. The third kappa shape index (κ3) is 3.54. The summed E-state index contributed by atoms with van der Waals surface area (Å²) in [6.45, 7) is 0. The lowest BCUT2D eigenvalue weighted by molar-refractivity contribution is -0.602. The van der Waals surface area contributed by atoms with Gasteiger partial charge in [0, 0.05) is 6.07 Å². The van der Waals surface area contributed by atoms with Crippen molar-refractivity contribution in [1.82, 2.24) is 0 Å². The minimum atomic E-state index is -0.317. The average molecular weight is 340 g/mol. The topological polar surface area (TPSA) is 68.4 Å². The van der Waals surface area contributed by atoms with Crippen molar-refractivity contribution in [3.8, 4) is 17.0 Å². The van der Waals surface area contributed by atoms with Crippen LogP contribution in [0.1, 0.15) is 11.3 Å². The molecule has 0 fully saturated rings. The highest BCUT2D eigenvalue weighted by molar-refractivity contribution is 5.67. The van der Waals surface area contributed by atoms with Crippen LogP contribution in [0.2, 0.25) is 0 Å². The second-order valence-electron chi connectivity index (χ2n) is 5.53. The predicted octanol–water partition coefficient (Wildman–Crippen LogP) is 3.53. The fourth-order valence-corrected chi connectivity index (χ4v) is 2.66. The number of rotatable bonds is 5. The molecule has 128 valence electrons. The Morgan fingerprint density at radius 1 is 1.12 bits per heavy atom. The predicted molar refractivity (Wildman–Crippen MR) is 92.0 cm³/mol. The summed E-state index contributed by atoms with van der Waals surface area (Å²) in [6, 6.07) is 16.2. The van der Waals surface area contributed by atoms with Crippen molar-refractivity contribution in [2.75, 3.05) is 12.6 Å². The van der Waals surface area contributed by atoms with Crippen LogP contribution in [0.3, 0.4) is 0 Å². The minimum Gasteiger partial charge on any atom is -0.618 e. The molecule has 0 atom stereocenters. The number of ether oxygens (including phenoxy) is 1. The smallest absolute Gasteiger partial charge is 0.266 e. The fraction of sp³-hybridized carbons (Fsp3) is 0.105. The summed E-state index contributed by atoms with van der Waals surface area (Å²) in [4.78, 5) is 0. The molecular weight excluding hydrogens is 323 g/mol. The SMILES string of the molecule is COc1ccc(Cc2ccc(F)cc2)[n+]([O-])c1-c1cccc(NO)c1. The fourth-order valence-electron chi connectivity index (χ4n) is 2.66. The van der Waals surface area contributed by atoms with Crippen molar-refractivity contribution in [3.05, 3.63) is 82.9 Å². The Hall–Kier alpha value is -3.12. The van der Waals surface area contributed by atoms with Crippen molar-refractivity contribution >= 4 is 5.69 Å². The molecule has 5 nitrogen and oxygen atoms in total. The highest BCUT2D eigenvalue weighted by atomic mass is 19.1. The largest absolute Gasteiger partial charge is 0.618 e. The highest BCUT2D eigenvalue weighted by Gasteiger charge is 2.20. The van der Waals surface area contributed by atoms with Gasteiger partial charge in [0.1, 0.15) is 5.82 Å². The lowest BCUT2D eigenvalue weighted by Crippen LogP contribution is -2.35. The van der Waals surface area contributed by atoms with E-state index in [4.69, 9.17) is 9.94 Å². The van der Waals surface area contributed by atoms with Gasteiger partial charge in [-0.2, -0.15) is 4.73 Å². The number of aromatic nitrogens is 1. The van der Waals surface area contributed by atoms with Crippen LogP contribution in [0, 0.1) is 11.0 Å². The Morgan fingerprint density at radius 2 is 1.88 bits per heavy atom. The van der Waals surface area contributed by atoms with Gasteiger partial charge in [-0.25, -0.2) is 4.39 Å². The number of hydrogen-bond acceptors (Lipinski definition) is 4. The van der Waals surface area contributed by atoms with E-state index < -0.39 is 0 Å². The van der Waals surface area contributed by atoms with Gasteiger partial charge in [0.05, 0.1) is 24.8 Å². The maximum Gasteiger partial charge on any atom is 0.266 e. The van der Waals surface area contributed by atoms with Gasteiger partial charge in [-0.3, -0.25) is 10.7 Å². The van der Waals surface area contributed by atoms with Crippen molar-refractivity contribution in [2.24, 2.45) is 0 Å². The lowest BCUT2D eigenvalue weighted by Gasteiger charge is -2.13. The van der Waals surface area contributed by atoms with Gasteiger partial charge in [-0.1, -0.05) is 18.2 Å². The normalized spacial score (nSPS) is 10.5. The molecular formula is C19H17FN2O3. The second kappa shape index (κ2) is 7.19. The molecule has 0 aliphatic rings. The van der Waals surface area contributed by atoms with E-state index in [2.05, 4.69) is 5.48 Å².